The summed E-state index contributed by atoms with van der Waals surface area (Å²) in [6.45, 7) is 4.70. The highest BCUT2D eigenvalue weighted by molar-refractivity contribution is 6.17. The van der Waals surface area contributed by atoms with E-state index >= 15 is 0 Å². The molecular weight excluding hydrogens is 253 g/mol. The third-order valence-corrected chi connectivity index (χ3v) is 3.07. The Morgan fingerprint density at radius 3 is 2.78 bits per heavy atom. The van der Waals surface area contributed by atoms with Gasteiger partial charge in [0.15, 0.2) is 0 Å². The van der Waals surface area contributed by atoms with Gasteiger partial charge in [0.05, 0.1) is 0 Å². The summed E-state index contributed by atoms with van der Waals surface area (Å²) in [5, 5.41) is 2.83. The summed E-state index contributed by atoms with van der Waals surface area (Å²) in [6, 6.07) is 5.69. The Morgan fingerprint density at radius 1 is 1.44 bits per heavy atom. The van der Waals surface area contributed by atoms with Crippen LogP contribution in [0.4, 0.5) is 4.39 Å². The summed E-state index contributed by atoms with van der Waals surface area (Å²) in [6.07, 6.45) is 1.87. The number of hydrogen-bond acceptors (Lipinski definition) is 1. The van der Waals surface area contributed by atoms with Gasteiger partial charge in [-0.3, -0.25) is 4.79 Å². The molecule has 0 aliphatic carbocycles. The van der Waals surface area contributed by atoms with Crippen LogP contribution < -0.4 is 5.32 Å². The molecule has 0 unspecified atom stereocenters. The molecule has 1 N–H and O–H groups in total. The third kappa shape index (κ3) is 5.05. The third-order valence-electron chi connectivity index (χ3n) is 2.80. The standard InChI is InChI=1S/C14H19ClFNO/c1-14(2,7-4-8-15)10-17-13(18)11-5-3-6-12(16)9-11/h3,5-6,9H,4,7-8,10H2,1-2H3,(H,17,18). The van der Waals surface area contributed by atoms with E-state index in [-0.39, 0.29) is 11.3 Å². The monoisotopic (exact) mass is 271 g/mol. The molecule has 0 spiro atoms. The molecule has 0 aromatic heterocycles. The highest BCUT2D eigenvalue weighted by Gasteiger charge is 2.18. The van der Waals surface area contributed by atoms with Gasteiger partial charge in [-0.25, -0.2) is 4.39 Å². The summed E-state index contributed by atoms with van der Waals surface area (Å²) in [7, 11) is 0. The van der Waals surface area contributed by atoms with Crippen LogP contribution in [0.1, 0.15) is 37.0 Å². The summed E-state index contributed by atoms with van der Waals surface area (Å²) < 4.78 is 13.0. The van der Waals surface area contributed by atoms with E-state index < -0.39 is 5.82 Å². The predicted octanol–water partition coefficient (Wildman–Crippen LogP) is 3.60. The zero-order chi connectivity index (χ0) is 13.6. The van der Waals surface area contributed by atoms with Gasteiger partial charge in [0.25, 0.3) is 5.91 Å². The van der Waals surface area contributed by atoms with Gasteiger partial charge in [0, 0.05) is 18.0 Å². The lowest BCUT2D eigenvalue weighted by Gasteiger charge is -2.24. The normalized spacial score (nSPS) is 11.3. The Morgan fingerprint density at radius 2 is 2.17 bits per heavy atom. The van der Waals surface area contributed by atoms with Gasteiger partial charge < -0.3 is 5.32 Å². The first-order valence-electron chi connectivity index (χ1n) is 6.04. The van der Waals surface area contributed by atoms with Crippen LogP contribution in [0.2, 0.25) is 0 Å². The molecule has 1 rings (SSSR count). The molecule has 1 aromatic carbocycles. The topological polar surface area (TPSA) is 29.1 Å². The molecule has 0 saturated heterocycles. The zero-order valence-electron chi connectivity index (χ0n) is 10.8. The molecule has 0 aliphatic rings. The molecular formula is C14H19ClFNO. The van der Waals surface area contributed by atoms with E-state index in [4.69, 9.17) is 11.6 Å². The maximum absolute atomic E-state index is 13.0. The first-order chi connectivity index (χ1) is 8.44. The molecule has 0 atom stereocenters. The van der Waals surface area contributed by atoms with Gasteiger partial charge in [0.1, 0.15) is 5.82 Å². The predicted molar refractivity (Wildman–Crippen MR) is 72.5 cm³/mol. The van der Waals surface area contributed by atoms with Gasteiger partial charge in [-0.2, -0.15) is 0 Å². The molecule has 0 radical (unpaired) electrons. The molecule has 100 valence electrons. The summed E-state index contributed by atoms with van der Waals surface area (Å²) in [4.78, 5) is 11.8. The van der Waals surface area contributed by atoms with Crippen molar-refractivity contribution >= 4 is 17.5 Å². The first-order valence-corrected chi connectivity index (χ1v) is 6.58. The molecule has 0 saturated carbocycles. The lowest BCUT2D eigenvalue weighted by Crippen LogP contribution is -2.34. The van der Waals surface area contributed by atoms with Crippen LogP contribution >= 0.6 is 11.6 Å². The highest BCUT2D eigenvalue weighted by Crippen LogP contribution is 2.21. The fraction of sp³-hybridized carbons (Fsp3) is 0.500. The van der Waals surface area contributed by atoms with E-state index in [2.05, 4.69) is 19.2 Å². The van der Waals surface area contributed by atoms with Crippen molar-refractivity contribution < 1.29 is 9.18 Å². The molecule has 0 aliphatic heterocycles. The number of carbonyl (C=O) groups is 1. The summed E-state index contributed by atoms with van der Waals surface area (Å²) in [5.74, 6) is -0.0149. The maximum Gasteiger partial charge on any atom is 0.251 e. The number of alkyl halides is 1. The molecule has 18 heavy (non-hydrogen) atoms. The Labute approximate surface area is 113 Å². The number of carbonyl (C=O) groups excluding carboxylic acids is 1. The minimum atomic E-state index is -0.399. The van der Waals surface area contributed by atoms with Gasteiger partial charge in [0.2, 0.25) is 0 Å². The van der Waals surface area contributed by atoms with E-state index in [1.165, 1.54) is 18.2 Å². The van der Waals surface area contributed by atoms with Crippen LogP contribution in [0.15, 0.2) is 24.3 Å². The van der Waals surface area contributed by atoms with E-state index in [0.717, 1.165) is 12.8 Å². The second-order valence-corrected chi connectivity index (χ2v) is 5.53. The fourth-order valence-corrected chi connectivity index (χ4v) is 1.82. The van der Waals surface area contributed by atoms with Crippen LogP contribution in [0, 0.1) is 11.2 Å². The molecule has 0 bridgehead atoms. The molecule has 0 fully saturated rings. The average molecular weight is 272 g/mol. The Bertz CT molecular complexity index is 407. The Kier molecular flexibility index (Phi) is 5.60. The second kappa shape index (κ2) is 6.74. The van der Waals surface area contributed by atoms with E-state index in [0.29, 0.717) is 18.0 Å². The lowest BCUT2D eigenvalue weighted by atomic mass is 9.88. The minimum Gasteiger partial charge on any atom is -0.352 e. The second-order valence-electron chi connectivity index (χ2n) is 5.15. The Balaban J connectivity index is 2.50. The number of amides is 1. The van der Waals surface area contributed by atoms with Crippen molar-refractivity contribution in [3.63, 3.8) is 0 Å². The van der Waals surface area contributed by atoms with Crippen LogP contribution in [0.3, 0.4) is 0 Å². The zero-order valence-corrected chi connectivity index (χ0v) is 11.6. The number of nitrogens with one attached hydrogen (secondary N) is 1. The van der Waals surface area contributed by atoms with Gasteiger partial charge in [-0.15, -0.1) is 11.6 Å². The van der Waals surface area contributed by atoms with Crippen molar-refractivity contribution in [3.8, 4) is 0 Å². The van der Waals surface area contributed by atoms with Crippen LogP contribution in [-0.2, 0) is 0 Å². The van der Waals surface area contributed by atoms with Gasteiger partial charge in [-0.05, 0) is 36.5 Å². The average Bonchev–Trinajstić information content (AvgIpc) is 2.34. The van der Waals surface area contributed by atoms with Crippen molar-refractivity contribution in [2.45, 2.75) is 26.7 Å². The summed E-state index contributed by atoms with van der Waals surface area (Å²) in [5.41, 5.74) is 0.348. The van der Waals surface area contributed by atoms with Crippen LogP contribution in [-0.4, -0.2) is 18.3 Å². The number of benzene rings is 1. The SMILES string of the molecule is CC(C)(CCCCl)CNC(=O)c1cccc(F)c1. The van der Waals surface area contributed by atoms with Crippen molar-refractivity contribution in [3.05, 3.63) is 35.6 Å². The smallest absolute Gasteiger partial charge is 0.251 e. The van der Waals surface area contributed by atoms with Crippen LogP contribution in [0.25, 0.3) is 0 Å². The molecule has 4 heteroatoms. The van der Waals surface area contributed by atoms with Crippen LogP contribution in [0.5, 0.6) is 0 Å². The van der Waals surface area contributed by atoms with Crippen molar-refractivity contribution in [1.29, 1.82) is 0 Å². The number of rotatable bonds is 6. The highest BCUT2D eigenvalue weighted by atomic mass is 35.5. The molecule has 0 heterocycles. The van der Waals surface area contributed by atoms with Gasteiger partial charge in [-0.1, -0.05) is 19.9 Å². The van der Waals surface area contributed by atoms with Crippen molar-refractivity contribution in [2.24, 2.45) is 5.41 Å². The first kappa shape index (κ1) is 15.0. The fourth-order valence-electron chi connectivity index (χ4n) is 1.69. The van der Waals surface area contributed by atoms with Crippen molar-refractivity contribution in [1.82, 2.24) is 5.32 Å². The lowest BCUT2D eigenvalue weighted by molar-refractivity contribution is 0.0934. The molecule has 1 amide bonds. The van der Waals surface area contributed by atoms with Crippen molar-refractivity contribution in [2.75, 3.05) is 12.4 Å². The van der Waals surface area contributed by atoms with Gasteiger partial charge >= 0.3 is 0 Å². The number of halogens is 2. The Hall–Kier alpha value is -1.09. The van der Waals surface area contributed by atoms with E-state index in [1.54, 1.807) is 6.07 Å². The number of hydrogen-bond donors (Lipinski definition) is 1. The maximum atomic E-state index is 13.0. The minimum absolute atomic E-state index is 0.00211. The largest absolute Gasteiger partial charge is 0.352 e. The molecule has 1 aromatic rings. The molecule has 2 nitrogen and oxygen atoms in total. The quantitative estimate of drug-likeness (QED) is 0.787. The summed E-state index contributed by atoms with van der Waals surface area (Å²) >= 11 is 5.65. The van der Waals surface area contributed by atoms with E-state index in [1.807, 2.05) is 0 Å². The van der Waals surface area contributed by atoms with E-state index in [9.17, 15) is 9.18 Å².